The number of allylic oxidation sites excluding steroid dienone is 12. The molecule has 0 aliphatic carbocycles. The van der Waals surface area contributed by atoms with Crippen LogP contribution in [-0.4, -0.2) is 59.3 Å². The second-order valence-electron chi connectivity index (χ2n) is 11.2. The smallest absolute Gasteiger partial charge is 0.328 e. The van der Waals surface area contributed by atoms with Gasteiger partial charge in [-0.1, -0.05) is 93.2 Å². The highest BCUT2D eigenvalue weighted by molar-refractivity contribution is 5.87. The first-order valence-corrected chi connectivity index (χ1v) is 17.5. The number of carbonyl (C=O) groups is 4. The van der Waals surface area contributed by atoms with Crippen molar-refractivity contribution in [2.24, 2.45) is 0 Å². The third-order valence-electron chi connectivity index (χ3n) is 6.85. The van der Waals surface area contributed by atoms with Crippen molar-refractivity contribution in [1.82, 2.24) is 10.6 Å². The maximum absolute atomic E-state index is 12.5. The lowest BCUT2D eigenvalue weighted by atomic mass is 10.1. The molecule has 0 rings (SSSR count). The zero-order chi connectivity index (χ0) is 35.5. The molecule has 0 radical (unpaired) electrons. The van der Waals surface area contributed by atoms with Crippen molar-refractivity contribution < 1.29 is 34.1 Å². The summed E-state index contributed by atoms with van der Waals surface area (Å²) in [7, 11) is 0. The van der Waals surface area contributed by atoms with Gasteiger partial charge in [0.1, 0.15) is 12.1 Å². The summed E-state index contributed by atoms with van der Waals surface area (Å²) >= 11 is 0. The van der Waals surface area contributed by atoms with Gasteiger partial charge in [0.15, 0.2) is 0 Å². The van der Waals surface area contributed by atoms with Crippen molar-refractivity contribution in [3.8, 4) is 0 Å². The van der Waals surface area contributed by atoms with Gasteiger partial charge >= 0.3 is 11.9 Å². The predicted molar refractivity (Wildman–Crippen MR) is 194 cm³/mol. The molecular weight excluding hydrogens is 608 g/mol. The second-order valence-corrected chi connectivity index (χ2v) is 11.2. The van der Waals surface area contributed by atoms with E-state index in [1.807, 2.05) is 24.3 Å². The van der Waals surface area contributed by atoms with Crippen LogP contribution in [0.2, 0.25) is 0 Å². The van der Waals surface area contributed by atoms with E-state index in [1.54, 1.807) is 0 Å². The van der Waals surface area contributed by atoms with E-state index in [9.17, 15) is 19.2 Å². The molecule has 268 valence electrons. The highest BCUT2D eigenvalue weighted by atomic mass is 16.5. The Morgan fingerprint density at radius 2 is 1.15 bits per heavy atom. The number of aliphatic hydroxyl groups is 1. The molecule has 2 amide bonds. The highest BCUT2D eigenvalue weighted by Gasteiger charge is 2.18. The zero-order valence-corrected chi connectivity index (χ0v) is 29.2. The summed E-state index contributed by atoms with van der Waals surface area (Å²) in [6.07, 6.45) is 41.0. The fraction of sp³-hybridized carbons (Fsp3) is 0.538. The molecule has 0 aliphatic heterocycles. The number of esters is 1. The van der Waals surface area contributed by atoms with Gasteiger partial charge in [0.2, 0.25) is 11.8 Å². The average molecular weight is 669 g/mol. The molecule has 0 saturated carbocycles. The van der Waals surface area contributed by atoms with E-state index in [0.717, 1.165) is 77.0 Å². The quantitative estimate of drug-likeness (QED) is 0.0371. The number of rotatable bonds is 29. The lowest BCUT2D eigenvalue weighted by molar-refractivity contribution is -0.145. The fourth-order valence-electron chi connectivity index (χ4n) is 4.19. The Bertz CT molecular complexity index is 1090. The summed E-state index contributed by atoms with van der Waals surface area (Å²) in [5, 5.41) is 22.4. The number of carbonyl (C=O) groups excluding carboxylic acids is 3. The van der Waals surface area contributed by atoms with Gasteiger partial charge in [-0.25, -0.2) is 4.79 Å². The van der Waals surface area contributed by atoms with Crippen LogP contribution in [0.25, 0.3) is 0 Å². The molecule has 9 nitrogen and oxygen atoms in total. The lowest BCUT2D eigenvalue weighted by Crippen LogP contribution is -2.47. The monoisotopic (exact) mass is 668 g/mol. The van der Waals surface area contributed by atoms with Crippen LogP contribution in [0.1, 0.15) is 110 Å². The molecule has 0 spiro atoms. The first-order valence-electron chi connectivity index (χ1n) is 17.5. The maximum Gasteiger partial charge on any atom is 0.328 e. The molecule has 2 unspecified atom stereocenters. The van der Waals surface area contributed by atoms with Crippen molar-refractivity contribution in [3.05, 3.63) is 85.1 Å². The molecule has 9 heteroatoms. The molecule has 0 fully saturated rings. The van der Waals surface area contributed by atoms with Crippen LogP contribution in [0.4, 0.5) is 0 Å². The summed E-state index contributed by atoms with van der Waals surface area (Å²) in [5.41, 5.74) is 0. The molecule has 4 N–H and O–H groups in total. The molecule has 0 saturated heterocycles. The first-order chi connectivity index (χ1) is 23.3. The van der Waals surface area contributed by atoms with Crippen molar-refractivity contribution in [2.45, 2.75) is 122 Å². The Hall–Kier alpha value is -3.98. The summed E-state index contributed by atoms with van der Waals surface area (Å²) in [5.74, 6) is -2.54. The Balaban J connectivity index is 4.34. The molecule has 0 aromatic rings. The van der Waals surface area contributed by atoms with Crippen LogP contribution in [-0.2, 0) is 23.9 Å². The van der Waals surface area contributed by atoms with Gasteiger partial charge in [-0.2, -0.15) is 0 Å². The minimum Gasteiger partial charge on any atom is -0.480 e. The zero-order valence-electron chi connectivity index (χ0n) is 29.2. The van der Waals surface area contributed by atoms with Gasteiger partial charge in [0, 0.05) is 12.8 Å². The summed E-state index contributed by atoms with van der Waals surface area (Å²) in [4.78, 5) is 47.0. The van der Waals surface area contributed by atoms with Crippen LogP contribution in [0.5, 0.6) is 0 Å². The lowest BCUT2D eigenvalue weighted by Gasteiger charge is -2.12. The van der Waals surface area contributed by atoms with Crippen LogP contribution in [0.3, 0.4) is 0 Å². The molecular formula is C39H60N2O7. The Morgan fingerprint density at radius 3 is 1.75 bits per heavy atom. The molecule has 0 aliphatic rings. The van der Waals surface area contributed by atoms with Crippen LogP contribution >= 0.6 is 0 Å². The van der Waals surface area contributed by atoms with E-state index in [-0.39, 0.29) is 24.8 Å². The number of nitrogens with one attached hydrogen (secondary N) is 2. The normalized spacial score (nSPS) is 13.6. The Labute approximate surface area is 288 Å². The van der Waals surface area contributed by atoms with Crippen LogP contribution < -0.4 is 10.6 Å². The van der Waals surface area contributed by atoms with E-state index in [4.69, 9.17) is 14.9 Å². The fourth-order valence-corrected chi connectivity index (χ4v) is 4.19. The van der Waals surface area contributed by atoms with E-state index >= 15 is 0 Å². The summed E-state index contributed by atoms with van der Waals surface area (Å²) in [6, 6.07) is -1.40. The third kappa shape index (κ3) is 29.4. The van der Waals surface area contributed by atoms with Gasteiger partial charge in [0.05, 0.1) is 13.2 Å². The molecule has 0 aromatic heterocycles. The molecule has 0 heterocycles. The number of hydrogen-bond donors (Lipinski definition) is 4. The largest absolute Gasteiger partial charge is 0.480 e. The number of ether oxygens (including phenoxy) is 1. The topological polar surface area (TPSA) is 142 Å². The van der Waals surface area contributed by atoms with Gasteiger partial charge in [0.25, 0.3) is 0 Å². The maximum atomic E-state index is 12.5. The number of hydrogen-bond acceptors (Lipinski definition) is 6. The van der Waals surface area contributed by atoms with Gasteiger partial charge in [-0.05, 0) is 89.2 Å². The van der Waals surface area contributed by atoms with Gasteiger partial charge < -0.3 is 25.6 Å². The second kappa shape index (κ2) is 32.9. The minimum atomic E-state index is -1.40. The van der Waals surface area contributed by atoms with Gasteiger partial charge in [-0.15, -0.1) is 0 Å². The van der Waals surface area contributed by atoms with Crippen molar-refractivity contribution in [1.29, 1.82) is 0 Å². The summed E-state index contributed by atoms with van der Waals surface area (Å²) in [6.45, 7) is 3.14. The van der Waals surface area contributed by atoms with Crippen LogP contribution in [0.15, 0.2) is 85.1 Å². The van der Waals surface area contributed by atoms with E-state index in [2.05, 4.69) is 85.2 Å². The number of aliphatic carboxylic acids is 1. The van der Waals surface area contributed by atoms with E-state index < -0.39 is 30.6 Å². The van der Waals surface area contributed by atoms with Crippen molar-refractivity contribution >= 4 is 23.8 Å². The number of amides is 2. The van der Waals surface area contributed by atoms with Crippen molar-refractivity contribution in [2.75, 3.05) is 13.2 Å². The Morgan fingerprint density at radius 1 is 0.625 bits per heavy atom. The van der Waals surface area contributed by atoms with Gasteiger partial charge in [-0.3, -0.25) is 14.4 Å². The van der Waals surface area contributed by atoms with E-state index in [1.165, 1.54) is 0 Å². The highest BCUT2D eigenvalue weighted by Crippen LogP contribution is 2.09. The Kier molecular flexibility index (Phi) is 30.2. The number of aliphatic hydroxyl groups excluding tert-OH is 1. The molecule has 48 heavy (non-hydrogen) atoms. The van der Waals surface area contributed by atoms with Crippen molar-refractivity contribution in [3.63, 3.8) is 0 Å². The van der Waals surface area contributed by atoms with E-state index in [0.29, 0.717) is 12.8 Å². The number of unbranched alkanes of at least 4 members (excludes halogenated alkanes) is 5. The average Bonchev–Trinajstić information content (AvgIpc) is 3.07. The molecule has 0 aromatic carbocycles. The summed E-state index contributed by atoms with van der Waals surface area (Å²) < 4.78 is 5.72. The standard InChI is InChI=1S/C39H60N2O7/c1-3-5-7-9-10-11-12-13-14-15-16-17-18-23-27-31-38(45)48-34(28-24-20-8-6-4-2)29-25-21-19-22-26-30-36(43)40-32-37(44)41-35(33-42)39(46)47/h5-8,10-11,13-14,16-17,24-25,28-29,34-35,42H,3-4,9,12,15,18-23,26-27,30-33H2,1-2H3,(H,40,43)(H,41,44)(H,46,47)/b7-5-,8-6-,11-10-,14-13-,17-16-,28-24-,29-25-. The number of carboxylic acids is 1. The predicted octanol–water partition coefficient (Wildman–Crippen LogP) is 7.36. The first kappa shape index (κ1) is 44.0. The molecule has 2 atom stereocenters. The SMILES string of the molecule is CC/C=C\C/C=C\C/C=C\C/C=C\CCCCC(=O)OC(/C=C\C/C=C\CC)/C=C\CCCCCC(=O)NCC(=O)NC(CO)C(=O)O. The van der Waals surface area contributed by atoms with Crippen LogP contribution in [0, 0.1) is 0 Å². The minimum absolute atomic E-state index is 0.210. The number of carboxylic acid groups (broad SMARTS) is 1. The molecule has 0 bridgehead atoms. The third-order valence-corrected chi connectivity index (χ3v) is 6.85.